The van der Waals surface area contributed by atoms with E-state index in [0.29, 0.717) is 17.7 Å². The summed E-state index contributed by atoms with van der Waals surface area (Å²) in [5.41, 5.74) is 2.24. The topological polar surface area (TPSA) is 52.9 Å². The summed E-state index contributed by atoms with van der Waals surface area (Å²) < 4.78 is 6.04. The van der Waals surface area contributed by atoms with Crippen LogP contribution in [0.1, 0.15) is 11.1 Å². The fourth-order valence-electron chi connectivity index (χ4n) is 5.08. The number of aliphatic hydroxyl groups excluding tert-OH is 1. The maximum absolute atomic E-state index is 10.4. The molecule has 2 aliphatic carbocycles. The molecule has 0 aromatic heterocycles. The van der Waals surface area contributed by atoms with Gasteiger partial charge in [0.2, 0.25) is 0 Å². The van der Waals surface area contributed by atoms with E-state index in [0.717, 1.165) is 18.5 Å². The van der Waals surface area contributed by atoms with E-state index < -0.39 is 6.10 Å². The molecule has 5 rings (SSSR count). The first kappa shape index (κ1) is 11.2. The minimum Gasteiger partial charge on any atom is -0.504 e. The summed E-state index contributed by atoms with van der Waals surface area (Å²) >= 11 is 0. The van der Waals surface area contributed by atoms with Gasteiger partial charge in [-0.1, -0.05) is 18.2 Å². The third kappa shape index (κ3) is 0.980. The lowest BCUT2D eigenvalue weighted by Gasteiger charge is -2.43. The second-order valence-corrected chi connectivity index (χ2v) is 6.61. The average molecular weight is 271 g/mol. The highest BCUT2D eigenvalue weighted by molar-refractivity contribution is 5.62. The van der Waals surface area contributed by atoms with Gasteiger partial charge >= 0.3 is 0 Å². The maximum Gasteiger partial charge on any atom is 0.165 e. The van der Waals surface area contributed by atoms with Gasteiger partial charge in [0.05, 0.1) is 5.41 Å². The standard InChI is InChI=1S/C16H17NO3/c1-17-7-16-9-3-5-12(19)15(16)20-14-11(18)4-2-8(13(14)16)6-10(9)17/h2-5,9-10,12,15,18-19H,6-7H2,1H3/t9?,10?,12-,15-,16?/m0/s1. The predicted molar refractivity (Wildman–Crippen MR) is 73.0 cm³/mol. The lowest BCUT2D eigenvalue weighted by Crippen LogP contribution is -2.54. The van der Waals surface area contributed by atoms with E-state index in [1.54, 1.807) is 6.07 Å². The number of benzene rings is 1. The number of hydrogen-bond donors (Lipinski definition) is 2. The van der Waals surface area contributed by atoms with Crippen molar-refractivity contribution in [2.24, 2.45) is 5.92 Å². The summed E-state index contributed by atoms with van der Waals surface area (Å²) in [6, 6.07) is 4.21. The summed E-state index contributed by atoms with van der Waals surface area (Å²) in [7, 11) is 2.15. The van der Waals surface area contributed by atoms with Crippen molar-refractivity contribution < 1.29 is 14.9 Å². The number of ether oxygens (including phenoxy) is 1. The van der Waals surface area contributed by atoms with Gasteiger partial charge in [-0.3, -0.25) is 0 Å². The van der Waals surface area contributed by atoms with Gasteiger partial charge in [-0.05, 0) is 25.1 Å². The largest absolute Gasteiger partial charge is 0.504 e. The zero-order valence-electron chi connectivity index (χ0n) is 11.3. The van der Waals surface area contributed by atoms with Crippen LogP contribution in [0.25, 0.3) is 0 Å². The van der Waals surface area contributed by atoms with Crippen LogP contribution in [0.15, 0.2) is 24.3 Å². The molecule has 20 heavy (non-hydrogen) atoms. The van der Waals surface area contributed by atoms with Crippen molar-refractivity contribution in [2.45, 2.75) is 30.1 Å². The molecule has 4 heteroatoms. The lowest BCUT2D eigenvalue weighted by molar-refractivity contribution is 0.0160. The number of phenols is 1. The van der Waals surface area contributed by atoms with Crippen LogP contribution < -0.4 is 4.74 Å². The molecule has 2 heterocycles. The fourth-order valence-corrected chi connectivity index (χ4v) is 5.08. The van der Waals surface area contributed by atoms with E-state index in [9.17, 15) is 10.2 Å². The van der Waals surface area contributed by atoms with Crippen LogP contribution in [-0.4, -0.2) is 47.0 Å². The molecule has 0 radical (unpaired) electrons. The SMILES string of the molecule is CN1CC23c4c5ccc(O)c4O[C@H]2[C@@H](O)C=CC3C1C5. The molecular weight excluding hydrogens is 254 g/mol. The van der Waals surface area contributed by atoms with Gasteiger partial charge in [0, 0.05) is 24.1 Å². The number of likely N-dealkylation sites (tertiary alicyclic amines) is 1. The van der Waals surface area contributed by atoms with Crippen LogP contribution in [0.4, 0.5) is 0 Å². The van der Waals surface area contributed by atoms with Crippen molar-refractivity contribution in [1.29, 1.82) is 0 Å². The van der Waals surface area contributed by atoms with Crippen LogP contribution in [0.3, 0.4) is 0 Å². The fraction of sp³-hybridized carbons (Fsp3) is 0.500. The van der Waals surface area contributed by atoms with Gasteiger partial charge in [-0.15, -0.1) is 0 Å². The van der Waals surface area contributed by atoms with Crippen molar-refractivity contribution in [3.8, 4) is 11.5 Å². The van der Waals surface area contributed by atoms with Crippen molar-refractivity contribution in [2.75, 3.05) is 13.6 Å². The summed E-state index contributed by atoms with van der Waals surface area (Å²) in [5, 5.41) is 20.5. The highest BCUT2D eigenvalue weighted by Crippen LogP contribution is 2.62. The minimum absolute atomic E-state index is 0.185. The van der Waals surface area contributed by atoms with Crippen molar-refractivity contribution in [3.05, 3.63) is 35.4 Å². The highest BCUT2D eigenvalue weighted by Gasteiger charge is 2.66. The molecule has 2 N–H and O–H groups in total. The van der Waals surface area contributed by atoms with Gasteiger partial charge in [-0.2, -0.15) is 0 Å². The molecule has 1 saturated heterocycles. The Labute approximate surface area is 117 Å². The van der Waals surface area contributed by atoms with Crippen LogP contribution in [0.2, 0.25) is 0 Å². The molecule has 1 fully saturated rings. The quantitative estimate of drug-likeness (QED) is 0.686. The van der Waals surface area contributed by atoms with E-state index in [1.807, 2.05) is 12.1 Å². The molecule has 3 unspecified atom stereocenters. The molecule has 1 spiro atoms. The molecule has 1 aromatic carbocycles. The summed E-state index contributed by atoms with van der Waals surface area (Å²) in [5.74, 6) is 1.18. The maximum atomic E-state index is 10.4. The average Bonchev–Trinajstić information content (AvgIpc) is 2.87. The first-order valence-corrected chi connectivity index (χ1v) is 7.21. The Kier molecular flexibility index (Phi) is 1.79. The lowest BCUT2D eigenvalue weighted by atomic mass is 9.59. The zero-order valence-corrected chi connectivity index (χ0v) is 11.3. The Morgan fingerprint density at radius 1 is 1.35 bits per heavy atom. The molecule has 2 bridgehead atoms. The number of phenolic OH excluding ortho intramolecular Hbond substituents is 1. The third-order valence-corrected chi connectivity index (χ3v) is 5.78. The predicted octanol–water partition coefficient (Wildman–Crippen LogP) is 0.808. The first-order valence-electron chi connectivity index (χ1n) is 7.21. The van der Waals surface area contributed by atoms with Crippen LogP contribution in [0.5, 0.6) is 11.5 Å². The number of nitrogens with zero attached hydrogens (tertiary/aromatic N) is 1. The Balaban J connectivity index is 1.87. The molecule has 0 amide bonds. The van der Waals surface area contributed by atoms with Gasteiger partial charge in [0.1, 0.15) is 12.2 Å². The van der Waals surface area contributed by atoms with Crippen LogP contribution >= 0.6 is 0 Å². The van der Waals surface area contributed by atoms with E-state index in [4.69, 9.17) is 4.74 Å². The van der Waals surface area contributed by atoms with Gasteiger partial charge in [0.25, 0.3) is 0 Å². The molecule has 0 saturated carbocycles. The second-order valence-electron chi connectivity index (χ2n) is 6.61. The summed E-state index contributed by atoms with van der Waals surface area (Å²) in [4.78, 5) is 2.38. The zero-order chi connectivity index (χ0) is 13.6. The van der Waals surface area contributed by atoms with E-state index >= 15 is 0 Å². The van der Waals surface area contributed by atoms with Gasteiger partial charge in [0.15, 0.2) is 11.5 Å². The Hall–Kier alpha value is -1.52. The van der Waals surface area contributed by atoms with Gasteiger partial charge in [-0.25, -0.2) is 0 Å². The molecule has 4 aliphatic rings. The monoisotopic (exact) mass is 271 g/mol. The number of likely N-dealkylation sites (N-methyl/N-ethyl adjacent to an activating group) is 1. The number of hydrogen-bond acceptors (Lipinski definition) is 4. The molecule has 1 aromatic rings. The van der Waals surface area contributed by atoms with E-state index in [-0.39, 0.29) is 17.3 Å². The summed E-state index contributed by atoms with van der Waals surface area (Å²) in [6.45, 7) is 0.887. The van der Waals surface area contributed by atoms with Crippen molar-refractivity contribution in [1.82, 2.24) is 4.90 Å². The molecule has 2 aliphatic heterocycles. The Morgan fingerprint density at radius 3 is 3.05 bits per heavy atom. The minimum atomic E-state index is -0.601. The number of rotatable bonds is 0. The summed E-state index contributed by atoms with van der Waals surface area (Å²) in [6.07, 6.45) is 4.15. The van der Waals surface area contributed by atoms with E-state index in [2.05, 4.69) is 18.0 Å². The smallest absolute Gasteiger partial charge is 0.165 e. The Bertz CT molecular complexity index is 655. The third-order valence-electron chi connectivity index (χ3n) is 5.78. The van der Waals surface area contributed by atoms with Crippen LogP contribution in [-0.2, 0) is 11.8 Å². The highest BCUT2D eigenvalue weighted by atomic mass is 16.5. The second kappa shape index (κ2) is 3.21. The first-order chi connectivity index (χ1) is 9.63. The molecule has 5 atom stereocenters. The number of aliphatic hydroxyl groups is 1. The van der Waals surface area contributed by atoms with Crippen molar-refractivity contribution in [3.63, 3.8) is 0 Å². The molecule has 104 valence electrons. The van der Waals surface area contributed by atoms with Crippen LogP contribution in [0, 0.1) is 5.92 Å². The molecule has 4 nitrogen and oxygen atoms in total. The number of aromatic hydroxyl groups is 1. The Morgan fingerprint density at radius 2 is 2.20 bits per heavy atom. The van der Waals surface area contributed by atoms with E-state index in [1.165, 1.54) is 5.56 Å². The van der Waals surface area contributed by atoms with Gasteiger partial charge < -0.3 is 19.8 Å². The normalized spacial score (nSPS) is 43.5. The molecular formula is C16H17NO3. The van der Waals surface area contributed by atoms with Crippen molar-refractivity contribution >= 4 is 0 Å².